The van der Waals surface area contributed by atoms with Crippen molar-refractivity contribution >= 4 is 5.78 Å². The Hall–Kier alpha value is -1.24. The van der Waals surface area contributed by atoms with E-state index in [0.29, 0.717) is 19.4 Å². The zero-order valence-corrected chi connectivity index (χ0v) is 34.4. The molecule has 6 nitrogen and oxygen atoms in total. The summed E-state index contributed by atoms with van der Waals surface area (Å²) in [5.41, 5.74) is 6.99. The van der Waals surface area contributed by atoms with Gasteiger partial charge in [0.2, 0.25) is 0 Å². The third-order valence-corrected chi connectivity index (χ3v) is 10.8. The summed E-state index contributed by atoms with van der Waals surface area (Å²) in [7, 11) is 0. The molecule has 3 N–H and O–H groups in total. The lowest BCUT2D eigenvalue weighted by Gasteiger charge is -2.22. The summed E-state index contributed by atoms with van der Waals surface area (Å²) in [4.78, 5) is 22.1. The van der Waals surface area contributed by atoms with Crippen molar-refractivity contribution in [3.63, 3.8) is 0 Å². The Morgan fingerprint density at radius 1 is 0.588 bits per heavy atom. The number of imidazole rings is 1. The minimum absolute atomic E-state index is 0.107. The fraction of sp³-hybridized carbons (Fsp3) is 0.911. The highest BCUT2D eigenvalue weighted by molar-refractivity contribution is 5.83. The van der Waals surface area contributed by atoms with E-state index >= 15 is 0 Å². The number of nitrogens with one attached hydrogen (secondary N) is 1. The molecule has 0 saturated carbocycles. The van der Waals surface area contributed by atoms with Crippen molar-refractivity contribution in [1.29, 1.82) is 0 Å². The normalized spacial score (nSPS) is 12.3. The second kappa shape index (κ2) is 38.5. The van der Waals surface area contributed by atoms with Crippen LogP contribution < -0.4 is 5.73 Å². The smallest absolute Gasteiger partial charge is 0.150 e. The number of carbonyl (C=O) groups excluding carboxylic acids is 1. The number of aromatic nitrogens is 2. The van der Waals surface area contributed by atoms with Gasteiger partial charge in [0.05, 0.1) is 12.4 Å². The van der Waals surface area contributed by atoms with Gasteiger partial charge in [-0.3, -0.25) is 4.79 Å². The molecular formula is C45H88N4O2. The fourth-order valence-electron chi connectivity index (χ4n) is 7.32. The minimum atomic E-state index is -0.462. The number of carbonyl (C=O) groups is 1. The Kier molecular flexibility index (Phi) is 36.1. The van der Waals surface area contributed by atoms with Crippen LogP contribution in [0.2, 0.25) is 0 Å². The molecule has 0 spiro atoms. The summed E-state index contributed by atoms with van der Waals surface area (Å²) in [6.07, 6.45) is 47.3. The Bertz CT molecular complexity index is 785. The third kappa shape index (κ3) is 33.1. The highest BCUT2D eigenvalue weighted by Gasteiger charge is 2.14. The molecule has 51 heavy (non-hydrogen) atoms. The summed E-state index contributed by atoms with van der Waals surface area (Å²) < 4.78 is 5.90. The molecule has 1 rings (SSSR count). The molecule has 0 aliphatic rings. The van der Waals surface area contributed by atoms with E-state index in [1.54, 1.807) is 12.5 Å². The first kappa shape index (κ1) is 47.8. The number of Topliss-reactive ketones (excluding diaryl/α,β-unsaturated/α-hetero) is 1. The maximum atomic E-state index is 12.3. The van der Waals surface area contributed by atoms with E-state index in [1.807, 2.05) is 0 Å². The van der Waals surface area contributed by atoms with Crippen LogP contribution in [-0.4, -0.2) is 59.5 Å². The van der Waals surface area contributed by atoms with Crippen LogP contribution in [0.4, 0.5) is 0 Å². The molecule has 1 aromatic heterocycles. The highest BCUT2D eigenvalue weighted by Crippen LogP contribution is 2.15. The lowest BCUT2D eigenvalue weighted by Crippen LogP contribution is -2.32. The summed E-state index contributed by atoms with van der Waals surface area (Å²) in [6, 6.07) is -0.462. The number of nitrogens with zero attached hydrogens (tertiary/aromatic N) is 2. The average molecular weight is 717 g/mol. The highest BCUT2D eigenvalue weighted by atomic mass is 16.5. The zero-order chi connectivity index (χ0) is 36.7. The number of H-pyrrole nitrogens is 1. The Labute approximate surface area is 318 Å². The van der Waals surface area contributed by atoms with Gasteiger partial charge in [-0.05, 0) is 51.7 Å². The number of ether oxygens (including phenoxy) is 1. The lowest BCUT2D eigenvalue weighted by atomic mass is 10.0. The maximum Gasteiger partial charge on any atom is 0.150 e. The number of aromatic amines is 1. The first-order valence-electron chi connectivity index (χ1n) is 22.7. The van der Waals surface area contributed by atoms with Crippen molar-refractivity contribution in [3.05, 3.63) is 18.2 Å². The standard InChI is InChI=1S/C45H88N4O2/c1-3-5-7-9-11-13-15-17-19-21-23-25-27-29-35-49(36-30-28-26-24-22-20-18-16-14-12-10-8-6-4-2)37-31-32-38-51-39-33-34-45(50)44(46)40-43-41-47-42-48-43/h41-42,44H,3-40,46H2,1-2H3,(H,47,48). The van der Waals surface area contributed by atoms with Gasteiger partial charge in [0.25, 0.3) is 0 Å². The van der Waals surface area contributed by atoms with Crippen LogP contribution >= 0.6 is 0 Å². The molecule has 0 aliphatic carbocycles. The summed E-state index contributed by atoms with van der Waals surface area (Å²) >= 11 is 0. The predicted molar refractivity (Wildman–Crippen MR) is 222 cm³/mol. The summed E-state index contributed by atoms with van der Waals surface area (Å²) in [5, 5.41) is 0. The van der Waals surface area contributed by atoms with Gasteiger partial charge in [-0.2, -0.15) is 0 Å². The van der Waals surface area contributed by atoms with Gasteiger partial charge in [-0.25, -0.2) is 4.98 Å². The van der Waals surface area contributed by atoms with Gasteiger partial charge >= 0.3 is 0 Å². The first-order valence-corrected chi connectivity index (χ1v) is 22.7. The van der Waals surface area contributed by atoms with Crippen LogP contribution in [0.5, 0.6) is 0 Å². The minimum Gasteiger partial charge on any atom is -0.381 e. The van der Waals surface area contributed by atoms with E-state index in [2.05, 4.69) is 28.7 Å². The number of hydrogen-bond donors (Lipinski definition) is 2. The van der Waals surface area contributed by atoms with E-state index in [9.17, 15) is 4.79 Å². The average Bonchev–Trinajstić information content (AvgIpc) is 3.65. The van der Waals surface area contributed by atoms with Crippen molar-refractivity contribution in [1.82, 2.24) is 14.9 Å². The van der Waals surface area contributed by atoms with Gasteiger partial charge in [-0.15, -0.1) is 0 Å². The number of unbranched alkanes of at least 4 members (excludes halogenated alkanes) is 27. The molecule has 0 aromatic carbocycles. The zero-order valence-electron chi connectivity index (χ0n) is 34.4. The van der Waals surface area contributed by atoms with Crippen molar-refractivity contribution < 1.29 is 9.53 Å². The van der Waals surface area contributed by atoms with Crippen LogP contribution in [0.15, 0.2) is 12.5 Å². The molecule has 0 fully saturated rings. The van der Waals surface area contributed by atoms with Crippen molar-refractivity contribution in [2.75, 3.05) is 32.8 Å². The Morgan fingerprint density at radius 3 is 1.35 bits per heavy atom. The number of hydrogen-bond acceptors (Lipinski definition) is 5. The molecular weight excluding hydrogens is 629 g/mol. The molecule has 1 heterocycles. The van der Waals surface area contributed by atoms with Gasteiger partial charge in [0.1, 0.15) is 5.78 Å². The van der Waals surface area contributed by atoms with E-state index in [4.69, 9.17) is 10.5 Å². The molecule has 0 amide bonds. The molecule has 0 saturated heterocycles. The van der Waals surface area contributed by atoms with Gasteiger partial charge in [0.15, 0.2) is 0 Å². The van der Waals surface area contributed by atoms with E-state index in [-0.39, 0.29) is 5.78 Å². The summed E-state index contributed by atoms with van der Waals surface area (Å²) in [6.45, 7) is 9.76. The van der Waals surface area contributed by atoms with Gasteiger partial charge in [-0.1, -0.05) is 181 Å². The van der Waals surface area contributed by atoms with Crippen molar-refractivity contribution in [3.8, 4) is 0 Å². The molecule has 0 radical (unpaired) electrons. The number of rotatable bonds is 42. The maximum absolute atomic E-state index is 12.3. The van der Waals surface area contributed by atoms with Crippen LogP contribution in [-0.2, 0) is 16.0 Å². The van der Waals surface area contributed by atoms with E-state index in [1.165, 1.54) is 206 Å². The molecule has 300 valence electrons. The first-order chi connectivity index (χ1) is 25.2. The molecule has 1 aromatic rings. The predicted octanol–water partition coefficient (Wildman–Crippen LogP) is 12.7. The quantitative estimate of drug-likeness (QED) is 0.0658. The lowest BCUT2D eigenvalue weighted by molar-refractivity contribution is -0.120. The molecule has 1 unspecified atom stereocenters. The van der Waals surface area contributed by atoms with Gasteiger partial charge in [0, 0.05) is 37.9 Å². The second-order valence-corrected chi connectivity index (χ2v) is 15.8. The largest absolute Gasteiger partial charge is 0.381 e. The Morgan fingerprint density at radius 2 is 0.961 bits per heavy atom. The number of nitrogens with two attached hydrogens (primary N) is 1. The summed E-state index contributed by atoms with van der Waals surface area (Å²) in [5.74, 6) is 0.107. The molecule has 6 heteroatoms. The SMILES string of the molecule is CCCCCCCCCCCCCCCCN(CCCCCCCCCCCCCCCC)CCCCOCCCC(=O)C(N)Cc1cnc[nH]1. The fourth-order valence-corrected chi connectivity index (χ4v) is 7.32. The topological polar surface area (TPSA) is 84.2 Å². The number of ketones is 1. The van der Waals surface area contributed by atoms with E-state index < -0.39 is 6.04 Å². The monoisotopic (exact) mass is 717 g/mol. The van der Waals surface area contributed by atoms with Crippen LogP contribution in [0.3, 0.4) is 0 Å². The molecule has 1 atom stereocenters. The van der Waals surface area contributed by atoms with Gasteiger partial charge < -0.3 is 20.4 Å². The van der Waals surface area contributed by atoms with Crippen molar-refractivity contribution in [2.24, 2.45) is 5.73 Å². The third-order valence-electron chi connectivity index (χ3n) is 10.8. The second-order valence-electron chi connectivity index (χ2n) is 15.8. The van der Waals surface area contributed by atoms with E-state index in [0.717, 1.165) is 25.1 Å². The Balaban J connectivity index is 2.13. The van der Waals surface area contributed by atoms with Crippen LogP contribution in [0.25, 0.3) is 0 Å². The molecule has 0 aliphatic heterocycles. The van der Waals surface area contributed by atoms with Crippen LogP contribution in [0, 0.1) is 0 Å². The molecule has 0 bridgehead atoms. The van der Waals surface area contributed by atoms with Crippen LogP contribution in [0.1, 0.15) is 225 Å². The van der Waals surface area contributed by atoms with Crippen molar-refractivity contribution in [2.45, 2.75) is 232 Å².